The third kappa shape index (κ3) is 2.20. The number of nitriles is 1. The summed E-state index contributed by atoms with van der Waals surface area (Å²) in [5.41, 5.74) is 2.09. The maximum Gasteiger partial charge on any atom is 0.164 e. The molecule has 0 saturated carbocycles. The number of ether oxygens (including phenoxy) is 3. The van der Waals surface area contributed by atoms with E-state index in [0.717, 1.165) is 11.1 Å². The largest absolute Gasteiger partial charge is 0.496 e. The van der Waals surface area contributed by atoms with E-state index in [9.17, 15) is 0 Å². The van der Waals surface area contributed by atoms with Gasteiger partial charge < -0.3 is 19.2 Å². The Morgan fingerprint density at radius 3 is 2.11 bits per heavy atom. The van der Waals surface area contributed by atoms with E-state index in [2.05, 4.69) is 11.1 Å². The van der Waals surface area contributed by atoms with E-state index in [1.807, 2.05) is 0 Å². The molecule has 0 fully saturated rings. The van der Waals surface area contributed by atoms with E-state index in [0.29, 0.717) is 22.8 Å². The zero-order valence-electron chi connectivity index (χ0n) is 11.0. The summed E-state index contributed by atoms with van der Waals surface area (Å²) in [6, 6.07) is 5.66. The normalized spacial score (nSPS) is 9.79. The minimum Gasteiger partial charge on any atom is -0.496 e. The van der Waals surface area contributed by atoms with E-state index >= 15 is 0 Å². The smallest absolute Gasteiger partial charge is 0.164 e. The molecule has 0 unspecified atom stereocenters. The van der Waals surface area contributed by atoms with Crippen LogP contribution in [-0.4, -0.2) is 26.3 Å². The fourth-order valence-electron chi connectivity index (χ4n) is 1.92. The van der Waals surface area contributed by atoms with Gasteiger partial charge in [-0.05, 0) is 6.07 Å². The molecule has 0 atom stereocenters. The highest BCUT2D eigenvalue weighted by Crippen LogP contribution is 2.40. The molecule has 2 aromatic rings. The molecular formula is C14H14N2O3. The molecule has 1 aromatic heterocycles. The monoisotopic (exact) mass is 258 g/mol. The number of methoxy groups -OCH3 is 3. The van der Waals surface area contributed by atoms with Crippen LogP contribution in [0.4, 0.5) is 0 Å². The first-order chi connectivity index (χ1) is 9.24. The van der Waals surface area contributed by atoms with Crippen LogP contribution in [0.2, 0.25) is 0 Å². The highest BCUT2D eigenvalue weighted by molar-refractivity contribution is 5.78. The second-order valence-corrected chi connectivity index (χ2v) is 3.80. The van der Waals surface area contributed by atoms with Crippen LogP contribution >= 0.6 is 0 Å². The number of aromatic amines is 1. The Balaban J connectivity index is 2.66. The Morgan fingerprint density at radius 1 is 0.895 bits per heavy atom. The van der Waals surface area contributed by atoms with Gasteiger partial charge in [0.25, 0.3) is 0 Å². The third-order valence-electron chi connectivity index (χ3n) is 2.86. The predicted octanol–water partition coefficient (Wildman–Crippen LogP) is 2.58. The molecule has 1 heterocycles. The van der Waals surface area contributed by atoms with Crippen LogP contribution in [0.25, 0.3) is 11.1 Å². The van der Waals surface area contributed by atoms with Gasteiger partial charge in [-0.15, -0.1) is 0 Å². The van der Waals surface area contributed by atoms with Crippen molar-refractivity contribution in [3.8, 4) is 34.4 Å². The molecule has 98 valence electrons. The second-order valence-electron chi connectivity index (χ2n) is 3.80. The Bertz CT molecular complexity index is 626. The Kier molecular flexibility index (Phi) is 3.62. The highest BCUT2D eigenvalue weighted by Gasteiger charge is 2.16. The molecule has 19 heavy (non-hydrogen) atoms. The number of aromatic nitrogens is 1. The molecule has 5 heteroatoms. The zero-order chi connectivity index (χ0) is 13.8. The summed E-state index contributed by atoms with van der Waals surface area (Å²) in [6.07, 6.45) is 3.40. The van der Waals surface area contributed by atoms with Crippen LogP contribution in [0.3, 0.4) is 0 Å². The lowest BCUT2D eigenvalue weighted by Crippen LogP contribution is -1.95. The van der Waals surface area contributed by atoms with Crippen molar-refractivity contribution in [3.63, 3.8) is 0 Å². The van der Waals surface area contributed by atoms with Gasteiger partial charge in [0.05, 0.1) is 26.9 Å². The SMILES string of the molecule is COc1cc(OC)c(-c2c[nH]cc2C#N)cc1OC. The van der Waals surface area contributed by atoms with Crippen LogP contribution < -0.4 is 14.2 Å². The van der Waals surface area contributed by atoms with Gasteiger partial charge in [-0.25, -0.2) is 0 Å². The average Bonchev–Trinajstić information content (AvgIpc) is 2.93. The fraction of sp³-hybridized carbons (Fsp3) is 0.214. The maximum atomic E-state index is 9.09. The minimum absolute atomic E-state index is 0.547. The standard InChI is InChI=1S/C14H14N2O3/c1-17-12-5-14(19-3)13(18-2)4-10(12)11-8-16-7-9(11)6-15/h4-5,7-8,16H,1-3H3. The Morgan fingerprint density at radius 2 is 1.53 bits per heavy atom. The van der Waals surface area contributed by atoms with Crippen molar-refractivity contribution in [3.05, 3.63) is 30.1 Å². The van der Waals surface area contributed by atoms with Gasteiger partial charge in [0, 0.05) is 29.6 Å². The number of hydrogen-bond acceptors (Lipinski definition) is 4. The topological polar surface area (TPSA) is 67.3 Å². The molecule has 0 bridgehead atoms. The quantitative estimate of drug-likeness (QED) is 0.915. The Hall–Kier alpha value is -2.61. The number of nitrogens with one attached hydrogen (secondary N) is 1. The van der Waals surface area contributed by atoms with Crippen molar-refractivity contribution in [2.45, 2.75) is 0 Å². The van der Waals surface area contributed by atoms with Crippen LogP contribution in [-0.2, 0) is 0 Å². The van der Waals surface area contributed by atoms with Crippen LogP contribution in [0.1, 0.15) is 5.56 Å². The summed E-state index contributed by atoms with van der Waals surface area (Å²) in [7, 11) is 4.70. The van der Waals surface area contributed by atoms with Gasteiger partial charge in [0.2, 0.25) is 0 Å². The van der Waals surface area contributed by atoms with Crippen molar-refractivity contribution in [2.75, 3.05) is 21.3 Å². The first-order valence-corrected chi connectivity index (χ1v) is 5.62. The fourth-order valence-corrected chi connectivity index (χ4v) is 1.92. The van der Waals surface area contributed by atoms with Gasteiger partial charge in [-0.2, -0.15) is 5.26 Å². The Labute approximate surface area is 111 Å². The molecule has 0 aliphatic heterocycles. The second kappa shape index (κ2) is 5.36. The maximum absolute atomic E-state index is 9.09. The first-order valence-electron chi connectivity index (χ1n) is 5.62. The zero-order valence-corrected chi connectivity index (χ0v) is 11.0. The molecule has 0 aliphatic carbocycles. The van der Waals surface area contributed by atoms with Crippen molar-refractivity contribution in [2.24, 2.45) is 0 Å². The molecule has 0 radical (unpaired) electrons. The highest BCUT2D eigenvalue weighted by atomic mass is 16.5. The number of nitrogens with zero attached hydrogens (tertiary/aromatic N) is 1. The molecular weight excluding hydrogens is 244 g/mol. The van der Waals surface area contributed by atoms with Crippen LogP contribution in [0, 0.1) is 11.3 Å². The molecule has 2 rings (SSSR count). The van der Waals surface area contributed by atoms with Crippen molar-refractivity contribution < 1.29 is 14.2 Å². The van der Waals surface area contributed by atoms with Crippen molar-refractivity contribution in [1.82, 2.24) is 4.98 Å². The molecule has 1 aromatic carbocycles. The van der Waals surface area contributed by atoms with E-state index in [1.54, 1.807) is 45.9 Å². The van der Waals surface area contributed by atoms with Crippen LogP contribution in [0.5, 0.6) is 17.2 Å². The van der Waals surface area contributed by atoms with Gasteiger partial charge in [-0.3, -0.25) is 0 Å². The van der Waals surface area contributed by atoms with Gasteiger partial charge in [-0.1, -0.05) is 0 Å². The molecule has 0 spiro atoms. The average molecular weight is 258 g/mol. The summed E-state index contributed by atoms with van der Waals surface area (Å²) in [5.74, 6) is 1.79. The number of hydrogen-bond donors (Lipinski definition) is 1. The van der Waals surface area contributed by atoms with Gasteiger partial charge >= 0.3 is 0 Å². The molecule has 1 N–H and O–H groups in total. The van der Waals surface area contributed by atoms with E-state index in [4.69, 9.17) is 19.5 Å². The number of benzene rings is 1. The lowest BCUT2D eigenvalue weighted by atomic mass is 10.0. The summed E-state index contributed by atoms with van der Waals surface area (Å²) in [4.78, 5) is 2.92. The van der Waals surface area contributed by atoms with Crippen LogP contribution in [0.15, 0.2) is 24.5 Å². The van der Waals surface area contributed by atoms with E-state index in [-0.39, 0.29) is 0 Å². The summed E-state index contributed by atoms with van der Waals surface area (Å²) >= 11 is 0. The molecule has 0 saturated heterocycles. The lowest BCUT2D eigenvalue weighted by molar-refractivity contribution is 0.349. The van der Waals surface area contributed by atoms with E-state index < -0.39 is 0 Å². The minimum atomic E-state index is 0.547. The van der Waals surface area contributed by atoms with Gasteiger partial charge in [0.15, 0.2) is 11.5 Å². The van der Waals surface area contributed by atoms with Crippen molar-refractivity contribution in [1.29, 1.82) is 5.26 Å². The third-order valence-corrected chi connectivity index (χ3v) is 2.86. The summed E-state index contributed by atoms with van der Waals surface area (Å²) < 4.78 is 15.9. The number of H-pyrrole nitrogens is 1. The predicted molar refractivity (Wildman–Crippen MR) is 70.6 cm³/mol. The van der Waals surface area contributed by atoms with Gasteiger partial charge in [0.1, 0.15) is 11.8 Å². The lowest BCUT2D eigenvalue weighted by Gasteiger charge is -2.13. The van der Waals surface area contributed by atoms with Crippen molar-refractivity contribution >= 4 is 0 Å². The number of rotatable bonds is 4. The molecule has 0 amide bonds. The summed E-state index contributed by atoms with van der Waals surface area (Å²) in [5, 5.41) is 9.09. The summed E-state index contributed by atoms with van der Waals surface area (Å²) in [6.45, 7) is 0. The molecule has 5 nitrogen and oxygen atoms in total. The first kappa shape index (κ1) is 12.8. The molecule has 0 aliphatic rings. The van der Waals surface area contributed by atoms with E-state index in [1.165, 1.54) is 0 Å².